The fourth-order valence-electron chi connectivity index (χ4n) is 3.30. The standard InChI is InChI=1S/C22H39N5.HI/c1-6-23-22(24-14-7-8-15-26(5)18(2)3)25-20-13-16-27(17-20)21-11-9-19(4)10-12-21;/h9-12,18,20H,6-8,13-17H2,1-5H3,(H2,23,24,25);1H. The maximum atomic E-state index is 4.79. The third-order valence-electron chi connectivity index (χ3n) is 5.34. The molecule has 1 saturated heterocycles. The van der Waals surface area contributed by atoms with Crippen molar-refractivity contribution in [1.82, 2.24) is 15.5 Å². The highest BCUT2D eigenvalue weighted by molar-refractivity contribution is 14.0. The van der Waals surface area contributed by atoms with Crippen molar-refractivity contribution >= 4 is 35.6 Å². The molecule has 0 aliphatic carbocycles. The second kappa shape index (κ2) is 13.2. The summed E-state index contributed by atoms with van der Waals surface area (Å²) in [7, 11) is 2.19. The van der Waals surface area contributed by atoms with E-state index in [9.17, 15) is 0 Å². The number of hydrogen-bond acceptors (Lipinski definition) is 3. The van der Waals surface area contributed by atoms with Gasteiger partial charge in [-0.15, -0.1) is 24.0 Å². The van der Waals surface area contributed by atoms with E-state index in [0.717, 1.165) is 51.5 Å². The molecular formula is C22H40IN5. The Bertz CT molecular complexity index is 573. The molecule has 1 aromatic carbocycles. The summed E-state index contributed by atoms with van der Waals surface area (Å²) in [5.41, 5.74) is 2.63. The van der Waals surface area contributed by atoms with E-state index in [2.05, 4.69) is 79.4 Å². The minimum atomic E-state index is 0. The van der Waals surface area contributed by atoms with Gasteiger partial charge < -0.3 is 20.4 Å². The SMILES string of the molecule is CCNC(=NCCCCN(C)C(C)C)NC1CCN(c2ccc(C)cc2)C1.I. The highest BCUT2D eigenvalue weighted by atomic mass is 127. The van der Waals surface area contributed by atoms with Gasteiger partial charge >= 0.3 is 0 Å². The molecule has 1 aliphatic rings. The number of aryl methyl sites for hydroxylation is 1. The first-order chi connectivity index (χ1) is 13.0. The molecule has 1 atom stereocenters. The molecule has 6 heteroatoms. The molecule has 160 valence electrons. The molecule has 1 aromatic rings. The van der Waals surface area contributed by atoms with Crippen molar-refractivity contribution in [3.63, 3.8) is 0 Å². The molecule has 0 aromatic heterocycles. The largest absolute Gasteiger partial charge is 0.369 e. The lowest BCUT2D eigenvalue weighted by molar-refractivity contribution is 0.269. The first kappa shape index (κ1) is 25.0. The summed E-state index contributed by atoms with van der Waals surface area (Å²) < 4.78 is 0. The van der Waals surface area contributed by atoms with Gasteiger partial charge in [0.05, 0.1) is 0 Å². The first-order valence-electron chi connectivity index (χ1n) is 10.6. The zero-order valence-electron chi connectivity index (χ0n) is 18.4. The molecule has 1 fully saturated rings. The maximum absolute atomic E-state index is 4.79. The lowest BCUT2D eigenvalue weighted by Crippen LogP contribution is -2.44. The number of guanidine groups is 1. The molecule has 28 heavy (non-hydrogen) atoms. The van der Waals surface area contributed by atoms with Crippen molar-refractivity contribution in [1.29, 1.82) is 0 Å². The molecule has 0 bridgehead atoms. The Hall–Kier alpha value is -1.02. The number of halogens is 1. The van der Waals surface area contributed by atoms with E-state index in [0.29, 0.717) is 12.1 Å². The van der Waals surface area contributed by atoms with Crippen molar-refractivity contribution in [2.45, 2.75) is 59.0 Å². The van der Waals surface area contributed by atoms with Crippen LogP contribution in [0.4, 0.5) is 5.69 Å². The normalized spacial score (nSPS) is 17.2. The minimum Gasteiger partial charge on any atom is -0.369 e. The number of aliphatic imine (C=N–C) groups is 1. The molecule has 0 radical (unpaired) electrons. The van der Waals surface area contributed by atoms with Gasteiger partial charge in [-0.25, -0.2) is 0 Å². The van der Waals surface area contributed by atoms with Crippen molar-refractivity contribution in [3.8, 4) is 0 Å². The van der Waals surface area contributed by atoms with Crippen LogP contribution >= 0.6 is 24.0 Å². The average Bonchev–Trinajstić information content (AvgIpc) is 3.10. The molecule has 0 saturated carbocycles. The van der Waals surface area contributed by atoms with Crippen molar-refractivity contribution < 1.29 is 0 Å². The number of nitrogens with zero attached hydrogens (tertiary/aromatic N) is 3. The van der Waals surface area contributed by atoms with Crippen molar-refractivity contribution in [2.75, 3.05) is 44.7 Å². The fourth-order valence-corrected chi connectivity index (χ4v) is 3.30. The molecule has 1 aliphatic heterocycles. The lowest BCUT2D eigenvalue weighted by atomic mass is 10.2. The number of anilines is 1. The molecule has 2 rings (SSSR count). The number of rotatable bonds is 9. The van der Waals surface area contributed by atoms with E-state index < -0.39 is 0 Å². The smallest absolute Gasteiger partial charge is 0.191 e. The summed E-state index contributed by atoms with van der Waals surface area (Å²) in [6.07, 6.45) is 3.48. The van der Waals surface area contributed by atoms with Crippen LogP contribution in [0.25, 0.3) is 0 Å². The average molecular weight is 502 g/mol. The molecule has 0 amide bonds. The van der Waals surface area contributed by atoms with Gasteiger partial charge in [0, 0.05) is 44.0 Å². The lowest BCUT2D eigenvalue weighted by Gasteiger charge is -2.21. The summed E-state index contributed by atoms with van der Waals surface area (Å²) >= 11 is 0. The van der Waals surface area contributed by atoms with Gasteiger partial charge in [-0.05, 0) is 72.7 Å². The van der Waals surface area contributed by atoms with Crippen LogP contribution in [-0.2, 0) is 0 Å². The van der Waals surface area contributed by atoms with Crippen LogP contribution in [0.1, 0.15) is 45.6 Å². The monoisotopic (exact) mass is 501 g/mol. The van der Waals surface area contributed by atoms with E-state index in [4.69, 9.17) is 4.99 Å². The van der Waals surface area contributed by atoms with Gasteiger partial charge in [-0.3, -0.25) is 4.99 Å². The topological polar surface area (TPSA) is 42.9 Å². The quantitative estimate of drug-likeness (QED) is 0.234. The van der Waals surface area contributed by atoms with Crippen LogP contribution in [-0.4, -0.2) is 62.7 Å². The summed E-state index contributed by atoms with van der Waals surface area (Å²) in [6.45, 7) is 13.8. The Kier molecular flexibility index (Phi) is 11.8. The van der Waals surface area contributed by atoms with Crippen LogP contribution in [0.15, 0.2) is 29.3 Å². The third kappa shape index (κ3) is 8.55. The van der Waals surface area contributed by atoms with Gasteiger partial charge in [0.2, 0.25) is 0 Å². The summed E-state index contributed by atoms with van der Waals surface area (Å²) in [6, 6.07) is 9.91. The summed E-state index contributed by atoms with van der Waals surface area (Å²) in [4.78, 5) is 9.64. The van der Waals surface area contributed by atoms with Crippen molar-refractivity contribution in [3.05, 3.63) is 29.8 Å². The second-order valence-electron chi connectivity index (χ2n) is 7.95. The number of benzene rings is 1. The Morgan fingerprint density at radius 1 is 1.25 bits per heavy atom. The highest BCUT2D eigenvalue weighted by Crippen LogP contribution is 2.20. The van der Waals surface area contributed by atoms with Crippen LogP contribution < -0.4 is 15.5 Å². The Labute approximate surface area is 189 Å². The van der Waals surface area contributed by atoms with E-state index >= 15 is 0 Å². The molecule has 2 N–H and O–H groups in total. The third-order valence-corrected chi connectivity index (χ3v) is 5.34. The van der Waals surface area contributed by atoms with E-state index in [1.54, 1.807) is 0 Å². The van der Waals surface area contributed by atoms with Gasteiger partial charge in [-0.1, -0.05) is 17.7 Å². The zero-order valence-corrected chi connectivity index (χ0v) is 20.7. The molecule has 0 spiro atoms. The van der Waals surface area contributed by atoms with Crippen LogP contribution in [0.5, 0.6) is 0 Å². The number of hydrogen-bond donors (Lipinski definition) is 2. The Morgan fingerprint density at radius 2 is 1.96 bits per heavy atom. The Balaban J connectivity index is 0.00000392. The van der Waals surface area contributed by atoms with E-state index in [1.165, 1.54) is 17.7 Å². The predicted octanol–water partition coefficient (Wildman–Crippen LogP) is 3.87. The van der Waals surface area contributed by atoms with E-state index in [1.807, 2.05) is 0 Å². The van der Waals surface area contributed by atoms with Gasteiger partial charge in [0.1, 0.15) is 0 Å². The van der Waals surface area contributed by atoms with Gasteiger partial charge in [0.15, 0.2) is 5.96 Å². The predicted molar refractivity (Wildman–Crippen MR) is 133 cm³/mol. The van der Waals surface area contributed by atoms with Gasteiger partial charge in [0.25, 0.3) is 0 Å². The summed E-state index contributed by atoms with van der Waals surface area (Å²) in [5.74, 6) is 0.963. The van der Waals surface area contributed by atoms with E-state index in [-0.39, 0.29) is 24.0 Å². The number of unbranched alkanes of at least 4 members (excludes halogenated alkanes) is 1. The molecule has 1 unspecified atom stereocenters. The highest BCUT2D eigenvalue weighted by Gasteiger charge is 2.23. The minimum absolute atomic E-state index is 0. The first-order valence-corrected chi connectivity index (χ1v) is 10.6. The molecule has 1 heterocycles. The number of nitrogens with one attached hydrogen (secondary N) is 2. The van der Waals surface area contributed by atoms with Crippen LogP contribution in [0, 0.1) is 6.92 Å². The summed E-state index contributed by atoms with van der Waals surface area (Å²) in [5, 5.41) is 7.03. The maximum Gasteiger partial charge on any atom is 0.191 e. The van der Waals surface area contributed by atoms with Crippen LogP contribution in [0.2, 0.25) is 0 Å². The molecule has 5 nitrogen and oxygen atoms in total. The van der Waals surface area contributed by atoms with Crippen LogP contribution in [0.3, 0.4) is 0 Å². The zero-order chi connectivity index (χ0) is 19.6. The van der Waals surface area contributed by atoms with Crippen molar-refractivity contribution in [2.24, 2.45) is 4.99 Å². The Morgan fingerprint density at radius 3 is 2.61 bits per heavy atom. The molecular weight excluding hydrogens is 461 g/mol. The second-order valence-corrected chi connectivity index (χ2v) is 7.95. The van der Waals surface area contributed by atoms with Gasteiger partial charge in [-0.2, -0.15) is 0 Å². The fraction of sp³-hybridized carbons (Fsp3) is 0.682.